The second kappa shape index (κ2) is 4.74. The number of amides is 1. The van der Waals surface area contributed by atoms with Gasteiger partial charge in [-0.3, -0.25) is 4.79 Å². The first-order chi connectivity index (χ1) is 7.56. The molecule has 0 aromatic carbocycles. The number of rotatable bonds is 4. The summed E-state index contributed by atoms with van der Waals surface area (Å²) in [7, 11) is 2.22. The molecule has 1 saturated heterocycles. The highest BCUT2D eigenvalue weighted by atomic mass is 16.2. The molecule has 0 aromatic heterocycles. The van der Waals surface area contributed by atoms with Gasteiger partial charge in [0.15, 0.2) is 0 Å². The topological polar surface area (TPSA) is 23.6 Å². The number of hydrogen-bond donors (Lipinski definition) is 0. The Labute approximate surface area is 98.8 Å². The van der Waals surface area contributed by atoms with Crippen LogP contribution in [-0.4, -0.2) is 48.9 Å². The van der Waals surface area contributed by atoms with Crippen molar-refractivity contribution in [3.8, 4) is 0 Å². The molecule has 0 bridgehead atoms. The van der Waals surface area contributed by atoms with E-state index >= 15 is 0 Å². The van der Waals surface area contributed by atoms with E-state index in [1.165, 1.54) is 19.4 Å². The van der Waals surface area contributed by atoms with Crippen LogP contribution in [0.3, 0.4) is 0 Å². The summed E-state index contributed by atoms with van der Waals surface area (Å²) in [6.45, 7) is 8.36. The van der Waals surface area contributed by atoms with E-state index in [2.05, 4.69) is 18.9 Å². The minimum atomic E-state index is 0.237. The molecule has 92 valence electrons. The zero-order valence-corrected chi connectivity index (χ0v) is 10.8. The van der Waals surface area contributed by atoms with E-state index in [-0.39, 0.29) is 5.91 Å². The van der Waals surface area contributed by atoms with E-state index in [9.17, 15) is 4.79 Å². The average molecular weight is 224 g/mol. The molecule has 1 heterocycles. The lowest BCUT2D eigenvalue weighted by Crippen LogP contribution is -2.31. The van der Waals surface area contributed by atoms with Crippen molar-refractivity contribution in [2.24, 2.45) is 17.8 Å². The van der Waals surface area contributed by atoms with Crippen LogP contribution in [0.25, 0.3) is 0 Å². The third kappa shape index (κ3) is 2.97. The van der Waals surface area contributed by atoms with Crippen molar-refractivity contribution in [3.63, 3.8) is 0 Å². The molecule has 2 fully saturated rings. The first kappa shape index (κ1) is 11.9. The molecular formula is C13H24N2O. The van der Waals surface area contributed by atoms with E-state index in [1.807, 2.05) is 4.90 Å². The van der Waals surface area contributed by atoms with E-state index in [0.717, 1.165) is 31.5 Å². The normalized spacial score (nSPS) is 33.5. The Kier molecular flexibility index (Phi) is 3.53. The fourth-order valence-electron chi connectivity index (χ4n) is 2.84. The Balaban J connectivity index is 1.68. The zero-order valence-electron chi connectivity index (χ0n) is 10.8. The molecule has 1 amide bonds. The van der Waals surface area contributed by atoms with Crippen LogP contribution in [0.2, 0.25) is 0 Å². The molecule has 3 nitrogen and oxygen atoms in total. The van der Waals surface area contributed by atoms with E-state index in [0.29, 0.717) is 5.92 Å². The molecule has 1 saturated carbocycles. The molecule has 0 N–H and O–H groups in total. The lowest BCUT2D eigenvalue weighted by atomic mass is 10.1. The second-order valence-electron chi connectivity index (χ2n) is 5.81. The molecule has 2 rings (SSSR count). The molecule has 3 heteroatoms. The van der Waals surface area contributed by atoms with Gasteiger partial charge in [-0.2, -0.15) is 0 Å². The van der Waals surface area contributed by atoms with Crippen molar-refractivity contribution in [2.45, 2.75) is 26.7 Å². The Morgan fingerprint density at radius 2 is 2.12 bits per heavy atom. The summed E-state index contributed by atoms with van der Waals surface area (Å²) in [5, 5.41) is 0. The summed E-state index contributed by atoms with van der Waals surface area (Å²) in [6.07, 6.45) is 2.60. The lowest BCUT2D eigenvalue weighted by molar-refractivity contribution is -0.127. The first-order valence-corrected chi connectivity index (χ1v) is 6.50. The van der Waals surface area contributed by atoms with Crippen molar-refractivity contribution < 1.29 is 4.79 Å². The Morgan fingerprint density at radius 3 is 2.62 bits per heavy atom. The smallest absolute Gasteiger partial charge is 0.219 e. The number of nitrogens with zero attached hydrogens (tertiary/aromatic N) is 2. The van der Waals surface area contributed by atoms with Crippen molar-refractivity contribution in [2.75, 3.05) is 33.2 Å². The van der Waals surface area contributed by atoms with Gasteiger partial charge < -0.3 is 9.80 Å². The van der Waals surface area contributed by atoms with Crippen LogP contribution in [0.4, 0.5) is 0 Å². The summed E-state index contributed by atoms with van der Waals surface area (Å²) in [5.74, 6) is 2.82. The molecule has 0 unspecified atom stereocenters. The number of carbonyl (C=O) groups excluding carboxylic acids is 1. The third-order valence-corrected chi connectivity index (χ3v) is 4.12. The molecule has 0 radical (unpaired) electrons. The van der Waals surface area contributed by atoms with Crippen molar-refractivity contribution in [1.82, 2.24) is 9.80 Å². The number of likely N-dealkylation sites (tertiary alicyclic amines) is 1. The van der Waals surface area contributed by atoms with Crippen LogP contribution in [0.1, 0.15) is 26.7 Å². The number of carbonyl (C=O) groups is 1. The highest BCUT2D eigenvalue weighted by molar-refractivity contribution is 5.73. The molecule has 0 aromatic rings. The van der Waals surface area contributed by atoms with Crippen LogP contribution in [0.5, 0.6) is 0 Å². The SMILES string of the molecule is CC(=O)N1CC[C@H](CN(C)C[C@H]2C[C@@H]2C)C1. The summed E-state index contributed by atoms with van der Waals surface area (Å²) in [6, 6.07) is 0. The van der Waals surface area contributed by atoms with Crippen LogP contribution in [-0.2, 0) is 4.79 Å². The van der Waals surface area contributed by atoms with Gasteiger partial charge in [-0.15, -0.1) is 0 Å². The van der Waals surface area contributed by atoms with Gasteiger partial charge in [0.05, 0.1) is 0 Å². The van der Waals surface area contributed by atoms with Gasteiger partial charge in [-0.1, -0.05) is 6.92 Å². The van der Waals surface area contributed by atoms with Gasteiger partial charge in [0.25, 0.3) is 0 Å². The minimum absolute atomic E-state index is 0.237. The predicted octanol–water partition coefficient (Wildman–Crippen LogP) is 1.44. The van der Waals surface area contributed by atoms with Gasteiger partial charge in [0.1, 0.15) is 0 Å². The summed E-state index contributed by atoms with van der Waals surface area (Å²) in [5.41, 5.74) is 0. The molecule has 0 spiro atoms. The molecule has 2 aliphatic rings. The van der Waals surface area contributed by atoms with Crippen LogP contribution in [0, 0.1) is 17.8 Å². The fourth-order valence-corrected chi connectivity index (χ4v) is 2.84. The molecular weight excluding hydrogens is 200 g/mol. The highest BCUT2D eigenvalue weighted by Crippen LogP contribution is 2.38. The maximum atomic E-state index is 11.2. The van der Waals surface area contributed by atoms with Crippen molar-refractivity contribution in [3.05, 3.63) is 0 Å². The summed E-state index contributed by atoms with van der Waals surface area (Å²) in [4.78, 5) is 15.7. The van der Waals surface area contributed by atoms with Gasteiger partial charge in [0.2, 0.25) is 5.91 Å². The first-order valence-electron chi connectivity index (χ1n) is 6.50. The predicted molar refractivity (Wildman–Crippen MR) is 65.1 cm³/mol. The third-order valence-electron chi connectivity index (χ3n) is 4.12. The van der Waals surface area contributed by atoms with E-state index in [4.69, 9.17) is 0 Å². The Morgan fingerprint density at radius 1 is 1.44 bits per heavy atom. The monoisotopic (exact) mass is 224 g/mol. The Bertz CT molecular complexity index is 267. The van der Waals surface area contributed by atoms with Crippen molar-refractivity contribution in [1.29, 1.82) is 0 Å². The summed E-state index contributed by atoms with van der Waals surface area (Å²) < 4.78 is 0. The molecule has 1 aliphatic carbocycles. The zero-order chi connectivity index (χ0) is 11.7. The minimum Gasteiger partial charge on any atom is -0.343 e. The van der Waals surface area contributed by atoms with E-state index < -0.39 is 0 Å². The summed E-state index contributed by atoms with van der Waals surface area (Å²) >= 11 is 0. The maximum absolute atomic E-state index is 11.2. The van der Waals surface area contributed by atoms with E-state index in [1.54, 1.807) is 6.92 Å². The van der Waals surface area contributed by atoms with Gasteiger partial charge >= 0.3 is 0 Å². The fraction of sp³-hybridized carbons (Fsp3) is 0.923. The van der Waals surface area contributed by atoms with Crippen LogP contribution in [0.15, 0.2) is 0 Å². The molecule has 16 heavy (non-hydrogen) atoms. The van der Waals surface area contributed by atoms with Crippen LogP contribution < -0.4 is 0 Å². The van der Waals surface area contributed by atoms with Crippen LogP contribution >= 0.6 is 0 Å². The highest BCUT2D eigenvalue weighted by Gasteiger charge is 2.34. The van der Waals surface area contributed by atoms with Gasteiger partial charge in [-0.25, -0.2) is 0 Å². The largest absolute Gasteiger partial charge is 0.343 e. The van der Waals surface area contributed by atoms with Crippen molar-refractivity contribution >= 4 is 5.91 Å². The second-order valence-corrected chi connectivity index (χ2v) is 5.81. The quantitative estimate of drug-likeness (QED) is 0.721. The van der Waals surface area contributed by atoms with Gasteiger partial charge in [-0.05, 0) is 37.6 Å². The average Bonchev–Trinajstić information content (AvgIpc) is 2.72. The number of hydrogen-bond acceptors (Lipinski definition) is 2. The molecule has 3 atom stereocenters. The Hall–Kier alpha value is -0.570. The lowest BCUT2D eigenvalue weighted by Gasteiger charge is -2.21. The van der Waals surface area contributed by atoms with Gasteiger partial charge in [0, 0.05) is 33.1 Å². The molecule has 1 aliphatic heterocycles. The maximum Gasteiger partial charge on any atom is 0.219 e. The standard InChI is InChI=1S/C13H24N2O/c1-10-6-13(10)9-14(3)7-12-4-5-15(8-12)11(2)16/h10,12-13H,4-9H2,1-3H3/t10-,12+,13+/m0/s1.